The zero-order chi connectivity index (χ0) is 13.5. The molecule has 2 nitrogen and oxygen atoms in total. The molecule has 0 unspecified atom stereocenters. The fraction of sp³-hybridized carbons (Fsp3) is 0.400. The van der Waals surface area contributed by atoms with E-state index in [0.717, 1.165) is 0 Å². The molecule has 0 spiro atoms. The molecular formula is C15H22O2. The van der Waals surface area contributed by atoms with E-state index in [4.69, 9.17) is 4.74 Å². The number of carbonyl (C=O) groups is 1. The number of hydrogen-bond acceptors (Lipinski definition) is 2. The molecule has 0 bridgehead atoms. The zero-order valence-corrected chi connectivity index (χ0v) is 11.4. The first-order chi connectivity index (χ1) is 7.72. The fourth-order valence-corrected chi connectivity index (χ4v) is 0.900. The predicted octanol–water partition coefficient (Wildman–Crippen LogP) is 3.90. The van der Waals surface area contributed by atoms with Crippen molar-refractivity contribution in [1.29, 1.82) is 0 Å². The normalized spacial score (nSPS) is 9.94. The van der Waals surface area contributed by atoms with Crippen molar-refractivity contribution >= 4 is 5.97 Å². The Labute approximate surface area is 104 Å². The highest BCUT2D eigenvalue weighted by Gasteiger charge is 2.15. The van der Waals surface area contributed by atoms with Crippen molar-refractivity contribution in [2.45, 2.75) is 40.2 Å². The molecule has 0 saturated carbocycles. The smallest absolute Gasteiger partial charge is 0.333 e. The van der Waals surface area contributed by atoms with Crippen LogP contribution in [0.5, 0.6) is 0 Å². The molecular weight excluding hydrogens is 212 g/mol. The Kier molecular flexibility index (Phi) is 6.26. The largest absolute Gasteiger partial charge is 0.457 e. The summed E-state index contributed by atoms with van der Waals surface area (Å²) in [5.41, 5.74) is 1.35. The molecule has 0 heterocycles. The Morgan fingerprint density at radius 1 is 1.18 bits per heavy atom. The molecule has 0 fully saturated rings. The molecule has 0 aliphatic heterocycles. The van der Waals surface area contributed by atoms with E-state index < -0.39 is 5.60 Å². The quantitative estimate of drug-likeness (QED) is 0.544. The number of carbonyl (C=O) groups excluding carboxylic acids is 1. The Balaban J connectivity index is 0.000000318. The Morgan fingerprint density at radius 3 is 1.82 bits per heavy atom. The van der Waals surface area contributed by atoms with Gasteiger partial charge in [-0.2, -0.15) is 0 Å². The highest BCUT2D eigenvalue weighted by atomic mass is 16.6. The van der Waals surface area contributed by atoms with Crippen molar-refractivity contribution in [1.82, 2.24) is 0 Å². The highest BCUT2D eigenvalue weighted by Crippen LogP contribution is 2.09. The third-order valence-electron chi connectivity index (χ3n) is 1.69. The maximum Gasteiger partial charge on any atom is 0.333 e. The Bertz CT molecular complexity index is 358. The summed E-state index contributed by atoms with van der Waals surface area (Å²) >= 11 is 0. The average Bonchev–Trinajstić information content (AvgIpc) is 2.17. The first-order valence-electron chi connectivity index (χ1n) is 5.63. The molecule has 0 atom stereocenters. The first-order valence-corrected chi connectivity index (χ1v) is 5.63. The van der Waals surface area contributed by atoms with Gasteiger partial charge in [-0.3, -0.25) is 0 Å². The molecule has 17 heavy (non-hydrogen) atoms. The van der Waals surface area contributed by atoms with Crippen LogP contribution < -0.4 is 0 Å². The van der Waals surface area contributed by atoms with Crippen molar-refractivity contribution in [2.24, 2.45) is 0 Å². The summed E-state index contributed by atoms with van der Waals surface area (Å²) < 4.78 is 4.96. The van der Waals surface area contributed by atoms with Gasteiger partial charge in [-0.1, -0.05) is 42.5 Å². The summed E-state index contributed by atoms with van der Waals surface area (Å²) in [6.07, 6.45) is 0. The van der Waals surface area contributed by atoms with E-state index in [1.807, 2.05) is 39.0 Å². The van der Waals surface area contributed by atoms with E-state index in [1.54, 1.807) is 6.92 Å². The van der Waals surface area contributed by atoms with Gasteiger partial charge in [0.1, 0.15) is 5.60 Å². The van der Waals surface area contributed by atoms with E-state index in [0.29, 0.717) is 5.57 Å². The lowest BCUT2D eigenvalue weighted by Gasteiger charge is -2.19. The Morgan fingerprint density at radius 2 is 1.65 bits per heavy atom. The van der Waals surface area contributed by atoms with Crippen molar-refractivity contribution in [2.75, 3.05) is 0 Å². The number of aryl methyl sites for hydroxylation is 1. The van der Waals surface area contributed by atoms with Crippen LogP contribution in [-0.4, -0.2) is 11.6 Å². The average molecular weight is 234 g/mol. The molecule has 1 aromatic carbocycles. The van der Waals surface area contributed by atoms with Crippen LogP contribution in [0.3, 0.4) is 0 Å². The van der Waals surface area contributed by atoms with Crippen LogP contribution in [0.4, 0.5) is 0 Å². The minimum Gasteiger partial charge on any atom is -0.457 e. The summed E-state index contributed by atoms with van der Waals surface area (Å²) in [6.45, 7) is 12.7. The van der Waals surface area contributed by atoms with E-state index >= 15 is 0 Å². The number of benzene rings is 1. The second-order valence-corrected chi connectivity index (χ2v) is 4.94. The third kappa shape index (κ3) is 9.36. The van der Waals surface area contributed by atoms with Crippen molar-refractivity contribution in [3.05, 3.63) is 48.0 Å². The first kappa shape index (κ1) is 15.4. The Hall–Kier alpha value is -1.57. The van der Waals surface area contributed by atoms with Gasteiger partial charge in [0.2, 0.25) is 0 Å². The van der Waals surface area contributed by atoms with Crippen LogP contribution in [0.2, 0.25) is 0 Å². The minimum absolute atomic E-state index is 0.326. The van der Waals surface area contributed by atoms with Crippen molar-refractivity contribution in [3.63, 3.8) is 0 Å². The van der Waals surface area contributed by atoms with Crippen LogP contribution in [-0.2, 0) is 9.53 Å². The predicted molar refractivity (Wildman–Crippen MR) is 71.8 cm³/mol. The highest BCUT2D eigenvalue weighted by molar-refractivity contribution is 5.87. The molecule has 0 aromatic heterocycles. The standard InChI is InChI=1S/C8H14O2.C7H8/c1-6(2)7(9)10-8(3,4)5;1-7-5-3-2-4-6-7/h1H2,2-5H3;2-6H,1H3. The maximum absolute atomic E-state index is 10.8. The lowest BCUT2D eigenvalue weighted by molar-refractivity contribution is -0.149. The van der Waals surface area contributed by atoms with Gasteiger partial charge < -0.3 is 4.74 Å². The summed E-state index contributed by atoms with van der Waals surface area (Å²) in [7, 11) is 0. The summed E-state index contributed by atoms with van der Waals surface area (Å²) in [5, 5.41) is 0. The van der Waals surface area contributed by atoms with E-state index in [9.17, 15) is 4.79 Å². The van der Waals surface area contributed by atoms with Gasteiger partial charge in [-0.15, -0.1) is 0 Å². The van der Waals surface area contributed by atoms with Gasteiger partial charge in [0.05, 0.1) is 0 Å². The summed E-state index contributed by atoms with van der Waals surface area (Å²) in [6, 6.07) is 10.3. The van der Waals surface area contributed by atoms with Gasteiger partial charge in [-0.05, 0) is 34.6 Å². The van der Waals surface area contributed by atoms with Crippen LogP contribution in [0.15, 0.2) is 42.5 Å². The van der Waals surface area contributed by atoms with E-state index in [-0.39, 0.29) is 5.97 Å². The molecule has 0 N–H and O–H groups in total. The molecule has 1 aromatic rings. The SMILES string of the molecule is C=C(C)C(=O)OC(C)(C)C.Cc1ccccc1. The maximum atomic E-state index is 10.8. The van der Waals surface area contributed by atoms with Gasteiger partial charge in [0, 0.05) is 5.57 Å². The summed E-state index contributed by atoms with van der Waals surface area (Å²) in [5.74, 6) is -0.326. The van der Waals surface area contributed by atoms with Gasteiger partial charge in [0.15, 0.2) is 0 Å². The van der Waals surface area contributed by atoms with Crippen LogP contribution in [0, 0.1) is 6.92 Å². The topological polar surface area (TPSA) is 26.3 Å². The molecule has 0 amide bonds. The van der Waals surface area contributed by atoms with Crippen molar-refractivity contribution in [3.8, 4) is 0 Å². The third-order valence-corrected chi connectivity index (χ3v) is 1.69. The van der Waals surface area contributed by atoms with Gasteiger partial charge in [0.25, 0.3) is 0 Å². The van der Waals surface area contributed by atoms with Crippen LogP contribution in [0.1, 0.15) is 33.3 Å². The molecule has 0 saturated heterocycles. The number of ether oxygens (including phenoxy) is 1. The lowest BCUT2D eigenvalue weighted by atomic mass is 10.2. The van der Waals surface area contributed by atoms with E-state index in [2.05, 4.69) is 25.6 Å². The second-order valence-electron chi connectivity index (χ2n) is 4.94. The fourth-order valence-electron chi connectivity index (χ4n) is 0.900. The molecule has 0 radical (unpaired) electrons. The molecule has 2 heteroatoms. The molecule has 94 valence electrons. The zero-order valence-electron chi connectivity index (χ0n) is 11.4. The second kappa shape index (κ2) is 6.89. The number of hydrogen-bond donors (Lipinski definition) is 0. The molecule has 0 aliphatic carbocycles. The van der Waals surface area contributed by atoms with Gasteiger partial charge >= 0.3 is 5.97 Å². The van der Waals surface area contributed by atoms with E-state index in [1.165, 1.54) is 5.56 Å². The van der Waals surface area contributed by atoms with Crippen molar-refractivity contribution < 1.29 is 9.53 Å². The molecule has 1 rings (SSSR count). The number of esters is 1. The minimum atomic E-state index is -0.407. The molecule has 0 aliphatic rings. The monoisotopic (exact) mass is 234 g/mol. The van der Waals surface area contributed by atoms with Crippen LogP contribution in [0.25, 0.3) is 0 Å². The van der Waals surface area contributed by atoms with Crippen LogP contribution >= 0.6 is 0 Å². The lowest BCUT2D eigenvalue weighted by Crippen LogP contribution is -2.23. The van der Waals surface area contributed by atoms with Gasteiger partial charge in [-0.25, -0.2) is 4.79 Å². The summed E-state index contributed by atoms with van der Waals surface area (Å²) in [4.78, 5) is 10.8. The number of rotatable bonds is 1.